The number of anilines is 1. The molecule has 0 saturated heterocycles. The van der Waals surface area contributed by atoms with Crippen LogP contribution in [0.2, 0.25) is 0 Å². The molecule has 0 aliphatic carbocycles. The molecule has 1 amide bonds. The van der Waals surface area contributed by atoms with Crippen molar-refractivity contribution in [3.05, 3.63) is 24.3 Å². The fourth-order valence-electron chi connectivity index (χ4n) is 1.37. The number of carbonyl (C=O) groups is 2. The number of hydrazone groups is 1. The van der Waals surface area contributed by atoms with Crippen LogP contribution in [0, 0.1) is 0 Å². The van der Waals surface area contributed by atoms with Crippen molar-refractivity contribution in [3.8, 4) is 5.75 Å². The number of hydrogen-bond donors (Lipinski definition) is 2. The number of phenols is 1. The van der Waals surface area contributed by atoms with Gasteiger partial charge in [-0.25, -0.2) is 4.79 Å². The summed E-state index contributed by atoms with van der Waals surface area (Å²) in [5.41, 5.74) is 0.148. The number of nitrogens with zero attached hydrogens (tertiary/aromatic N) is 2. The highest BCUT2D eigenvalue weighted by molar-refractivity contribution is 6.42. The van der Waals surface area contributed by atoms with Gasteiger partial charge >= 0.3 is 5.97 Å². The molecule has 6 heteroatoms. The van der Waals surface area contributed by atoms with Gasteiger partial charge in [0, 0.05) is 6.07 Å². The van der Waals surface area contributed by atoms with Crippen molar-refractivity contribution in [2.45, 2.75) is 6.42 Å². The summed E-state index contributed by atoms with van der Waals surface area (Å²) in [6.07, 6.45) is -0.231. The highest BCUT2D eigenvalue weighted by atomic mass is 16.4. The van der Waals surface area contributed by atoms with Crippen molar-refractivity contribution >= 4 is 23.3 Å². The second kappa shape index (κ2) is 3.65. The van der Waals surface area contributed by atoms with E-state index >= 15 is 0 Å². The first-order valence-corrected chi connectivity index (χ1v) is 4.50. The Morgan fingerprint density at radius 3 is 2.75 bits per heavy atom. The van der Waals surface area contributed by atoms with E-state index in [0.717, 1.165) is 5.01 Å². The topological polar surface area (TPSA) is 90.2 Å². The van der Waals surface area contributed by atoms with Gasteiger partial charge in [0.2, 0.25) is 0 Å². The zero-order valence-corrected chi connectivity index (χ0v) is 8.12. The zero-order chi connectivity index (χ0) is 11.7. The molecule has 0 fully saturated rings. The second-order valence-corrected chi connectivity index (χ2v) is 3.25. The van der Waals surface area contributed by atoms with Gasteiger partial charge in [-0.1, -0.05) is 6.07 Å². The number of aromatic hydroxyl groups is 1. The number of rotatable bonds is 2. The van der Waals surface area contributed by atoms with Crippen LogP contribution < -0.4 is 5.01 Å². The highest BCUT2D eigenvalue weighted by Gasteiger charge is 2.29. The Morgan fingerprint density at radius 1 is 1.44 bits per heavy atom. The molecule has 82 valence electrons. The van der Waals surface area contributed by atoms with Gasteiger partial charge in [0.25, 0.3) is 5.91 Å². The van der Waals surface area contributed by atoms with Crippen LogP contribution in [-0.2, 0) is 9.59 Å². The van der Waals surface area contributed by atoms with Crippen molar-refractivity contribution in [2.24, 2.45) is 5.10 Å². The Morgan fingerprint density at radius 2 is 2.19 bits per heavy atom. The van der Waals surface area contributed by atoms with E-state index in [0.29, 0.717) is 5.69 Å². The van der Waals surface area contributed by atoms with E-state index in [2.05, 4.69) is 5.10 Å². The quantitative estimate of drug-likeness (QED) is 0.762. The summed E-state index contributed by atoms with van der Waals surface area (Å²) in [6, 6.07) is 5.90. The molecule has 16 heavy (non-hydrogen) atoms. The predicted molar refractivity (Wildman–Crippen MR) is 55.3 cm³/mol. The second-order valence-electron chi connectivity index (χ2n) is 3.25. The summed E-state index contributed by atoms with van der Waals surface area (Å²) in [5.74, 6) is -1.65. The molecule has 1 aliphatic heterocycles. The van der Waals surface area contributed by atoms with Crippen LogP contribution in [0.3, 0.4) is 0 Å². The number of carbonyl (C=O) groups excluding carboxylic acids is 1. The summed E-state index contributed by atoms with van der Waals surface area (Å²) < 4.78 is 0. The van der Waals surface area contributed by atoms with Gasteiger partial charge in [-0.2, -0.15) is 10.1 Å². The van der Waals surface area contributed by atoms with Crippen molar-refractivity contribution in [3.63, 3.8) is 0 Å². The predicted octanol–water partition coefficient (Wildman–Crippen LogP) is 0.570. The van der Waals surface area contributed by atoms with E-state index in [1.54, 1.807) is 12.1 Å². The van der Waals surface area contributed by atoms with Gasteiger partial charge in [-0.05, 0) is 12.1 Å². The Bertz CT molecular complexity index is 495. The van der Waals surface area contributed by atoms with Crippen molar-refractivity contribution in [2.75, 3.05) is 5.01 Å². The molecular weight excluding hydrogens is 212 g/mol. The third kappa shape index (κ3) is 1.72. The molecule has 0 bridgehead atoms. The standard InChI is InChI=1S/C10H8N2O4/c13-7-3-1-2-6(4-7)12-9(14)5-8(11-12)10(15)16/h1-4,13H,5H2,(H,15,16). The minimum absolute atomic E-state index is 0.00993. The molecule has 1 heterocycles. The van der Waals surface area contributed by atoms with Gasteiger partial charge in [0.1, 0.15) is 5.75 Å². The van der Waals surface area contributed by atoms with Crippen molar-refractivity contribution in [1.82, 2.24) is 0 Å². The monoisotopic (exact) mass is 220 g/mol. The van der Waals surface area contributed by atoms with Crippen molar-refractivity contribution < 1.29 is 19.8 Å². The molecule has 0 radical (unpaired) electrons. The van der Waals surface area contributed by atoms with E-state index in [1.165, 1.54) is 12.1 Å². The molecule has 1 aromatic carbocycles. The highest BCUT2D eigenvalue weighted by Crippen LogP contribution is 2.23. The third-order valence-electron chi connectivity index (χ3n) is 2.10. The van der Waals surface area contributed by atoms with Crippen molar-refractivity contribution in [1.29, 1.82) is 0 Å². The molecule has 0 aromatic heterocycles. The van der Waals surface area contributed by atoms with Crippen LogP contribution in [0.1, 0.15) is 6.42 Å². The van der Waals surface area contributed by atoms with Crippen LogP contribution >= 0.6 is 0 Å². The third-order valence-corrected chi connectivity index (χ3v) is 2.10. The average Bonchev–Trinajstić information content (AvgIpc) is 2.60. The summed E-state index contributed by atoms with van der Waals surface area (Å²) in [4.78, 5) is 22.1. The molecule has 0 saturated carbocycles. The lowest BCUT2D eigenvalue weighted by atomic mass is 10.2. The van der Waals surface area contributed by atoms with Gasteiger partial charge in [-0.15, -0.1) is 0 Å². The van der Waals surface area contributed by atoms with E-state index in [9.17, 15) is 14.7 Å². The smallest absolute Gasteiger partial charge is 0.352 e. The molecule has 0 spiro atoms. The Hall–Kier alpha value is -2.37. The van der Waals surface area contributed by atoms with E-state index in [1.807, 2.05) is 0 Å². The maximum absolute atomic E-state index is 11.5. The number of carboxylic acid groups (broad SMARTS) is 1. The fourth-order valence-corrected chi connectivity index (χ4v) is 1.37. The Kier molecular flexibility index (Phi) is 2.32. The normalized spacial score (nSPS) is 15.1. The molecule has 2 rings (SSSR count). The molecule has 0 unspecified atom stereocenters. The first-order valence-electron chi connectivity index (χ1n) is 4.50. The average molecular weight is 220 g/mol. The van der Waals surface area contributed by atoms with Crippen LogP contribution in [0.5, 0.6) is 5.75 Å². The molecule has 2 N–H and O–H groups in total. The minimum atomic E-state index is -1.21. The molecule has 0 atom stereocenters. The zero-order valence-electron chi connectivity index (χ0n) is 8.12. The summed E-state index contributed by atoms with van der Waals surface area (Å²) in [7, 11) is 0. The van der Waals surface area contributed by atoms with Crippen LogP contribution in [0.25, 0.3) is 0 Å². The van der Waals surface area contributed by atoms with Gasteiger partial charge in [-0.3, -0.25) is 4.79 Å². The number of aliphatic carboxylic acids is 1. The van der Waals surface area contributed by atoms with E-state index < -0.39 is 11.9 Å². The Labute approximate surface area is 90.4 Å². The van der Waals surface area contributed by atoms with Crippen LogP contribution in [0.15, 0.2) is 29.4 Å². The molecule has 1 aliphatic rings. The molecule has 6 nitrogen and oxygen atoms in total. The SMILES string of the molecule is O=C(O)C1=NN(c2cccc(O)c2)C(=O)C1. The number of amides is 1. The van der Waals surface area contributed by atoms with Crippen LogP contribution in [-0.4, -0.2) is 27.8 Å². The Balaban J connectivity index is 2.35. The lowest BCUT2D eigenvalue weighted by Gasteiger charge is -2.11. The van der Waals surface area contributed by atoms with Crippen LogP contribution in [0.4, 0.5) is 5.69 Å². The summed E-state index contributed by atoms with van der Waals surface area (Å²) >= 11 is 0. The maximum atomic E-state index is 11.5. The van der Waals surface area contributed by atoms with E-state index in [4.69, 9.17) is 5.11 Å². The van der Waals surface area contributed by atoms with Gasteiger partial charge < -0.3 is 10.2 Å². The number of hydrogen-bond acceptors (Lipinski definition) is 4. The maximum Gasteiger partial charge on any atom is 0.352 e. The lowest BCUT2D eigenvalue weighted by Crippen LogP contribution is -2.19. The first-order chi connectivity index (χ1) is 7.58. The first kappa shape index (κ1) is 10.2. The number of phenolic OH excluding ortho intramolecular Hbond substituents is 1. The van der Waals surface area contributed by atoms with Gasteiger partial charge in [0.15, 0.2) is 5.71 Å². The minimum Gasteiger partial charge on any atom is -0.508 e. The lowest BCUT2D eigenvalue weighted by molar-refractivity contribution is -0.129. The van der Waals surface area contributed by atoms with E-state index in [-0.39, 0.29) is 17.9 Å². The molecular formula is C10H8N2O4. The summed E-state index contributed by atoms with van der Waals surface area (Å²) in [5, 5.41) is 22.6. The van der Waals surface area contributed by atoms with Gasteiger partial charge in [0.05, 0.1) is 12.1 Å². The summed E-state index contributed by atoms with van der Waals surface area (Å²) in [6.45, 7) is 0. The largest absolute Gasteiger partial charge is 0.508 e. The fraction of sp³-hybridized carbons (Fsp3) is 0.100. The number of benzene rings is 1. The number of carboxylic acids is 1. The molecule has 1 aromatic rings.